The third-order valence-corrected chi connectivity index (χ3v) is 7.38. The van der Waals surface area contributed by atoms with Crippen LogP contribution in [0.3, 0.4) is 0 Å². The van der Waals surface area contributed by atoms with Crippen molar-refractivity contribution in [2.75, 3.05) is 12.4 Å². The van der Waals surface area contributed by atoms with E-state index in [4.69, 9.17) is 14.5 Å². The van der Waals surface area contributed by atoms with Gasteiger partial charge in [0.15, 0.2) is 5.16 Å². The molecule has 1 aromatic carbocycles. The van der Waals surface area contributed by atoms with Crippen LogP contribution in [0, 0.1) is 0 Å². The van der Waals surface area contributed by atoms with Crippen LogP contribution < -0.4 is 5.56 Å². The Morgan fingerprint density at radius 2 is 2.10 bits per heavy atom. The number of rotatable bonds is 6. The van der Waals surface area contributed by atoms with Gasteiger partial charge in [0, 0.05) is 11.3 Å². The lowest BCUT2D eigenvalue weighted by molar-refractivity contribution is -0.139. The number of carbonyl (C=O) groups is 1. The Kier molecular flexibility index (Phi) is 5.99. The number of benzene rings is 1. The van der Waals surface area contributed by atoms with E-state index in [1.54, 1.807) is 11.5 Å². The Hall–Kier alpha value is -2.16. The van der Waals surface area contributed by atoms with Gasteiger partial charge in [0.2, 0.25) is 0 Å². The highest BCUT2D eigenvalue weighted by Crippen LogP contribution is 2.39. The highest BCUT2D eigenvalue weighted by molar-refractivity contribution is 7.99. The molecular formula is C22H24N2O4S2. The Morgan fingerprint density at radius 3 is 2.80 bits per heavy atom. The first-order chi connectivity index (χ1) is 14.5. The molecule has 0 saturated heterocycles. The lowest BCUT2D eigenvalue weighted by Gasteiger charge is -2.32. The number of carbonyl (C=O) groups excluding carboxylic acids is 1. The second-order valence-electron chi connectivity index (χ2n) is 7.42. The van der Waals surface area contributed by atoms with Crippen molar-refractivity contribution < 1.29 is 14.3 Å². The summed E-state index contributed by atoms with van der Waals surface area (Å²) in [5.41, 5.74) is 1.40. The van der Waals surface area contributed by atoms with Crippen molar-refractivity contribution in [1.82, 2.24) is 9.55 Å². The molecule has 0 unspecified atom stereocenters. The van der Waals surface area contributed by atoms with Crippen molar-refractivity contribution >= 4 is 39.3 Å². The van der Waals surface area contributed by atoms with Gasteiger partial charge in [-0.1, -0.05) is 36.9 Å². The van der Waals surface area contributed by atoms with Gasteiger partial charge in [0.05, 0.1) is 35.6 Å². The zero-order valence-corrected chi connectivity index (χ0v) is 18.9. The van der Waals surface area contributed by atoms with E-state index in [0.29, 0.717) is 35.0 Å². The first-order valence-electron chi connectivity index (χ1n) is 10.0. The fourth-order valence-electron chi connectivity index (χ4n) is 3.56. The lowest BCUT2D eigenvalue weighted by Crippen LogP contribution is -2.34. The minimum Gasteiger partial charge on any atom is -0.465 e. The Balaban J connectivity index is 1.87. The van der Waals surface area contributed by atoms with Crippen LogP contribution in [0.15, 0.2) is 40.3 Å². The molecule has 3 aromatic rings. The average Bonchev–Trinajstić information content (AvgIpc) is 3.10. The van der Waals surface area contributed by atoms with Gasteiger partial charge >= 0.3 is 5.97 Å². The van der Waals surface area contributed by atoms with E-state index >= 15 is 0 Å². The molecule has 4 rings (SSSR count). The van der Waals surface area contributed by atoms with Gasteiger partial charge in [-0.25, -0.2) is 4.98 Å². The topological polar surface area (TPSA) is 70.4 Å². The van der Waals surface area contributed by atoms with E-state index in [1.165, 1.54) is 23.1 Å². The van der Waals surface area contributed by atoms with Crippen molar-refractivity contribution in [1.29, 1.82) is 0 Å². The number of para-hydroxylation sites is 1. The Bertz CT molecular complexity index is 1140. The molecule has 8 heteroatoms. The number of thioether (sulfide) groups is 1. The Morgan fingerprint density at radius 1 is 1.33 bits per heavy atom. The van der Waals surface area contributed by atoms with Crippen LogP contribution >= 0.6 is 23.1 Å². The molecule has 2 aromatic heterocycles. The summed E-state index contributed by atoms with van der Waals surface area (Å²) in [5, 5.41) is 1.16. The summed E-state index contributed by atoms with van der Waals surface area (Å²) in [5.74, 6) is -0.227. The van der Waals surface area contributed by atoms with Gasteiger partial charge < -0.3 is 9.47 Å². The maximum Gasteiger partial charge on any atom is 0.316 e. The van der Waals surface area contributed by atoms with E-state index in [2.05, 4.69) is 13.8 Å². The Labute approximate surface area is 183 Å². The summed E-state index contributed by atoms with van der Waals surface area (Å²) >= 11 is 2.73. The number of esters is 1. The van der Waals surface area contributed by atoms with E-state index in [0.717, 1.165) is 22.5 Å². The lowest BCUT2D eigenvalue weighted by atomic mass is 9.90. The van der Waals surface area contributed by atoms with E-state index in [9.17, 15) is 9.59 Å². The normalized spacial score (nSPS) is 18.4. The maximum absolute atomic E-state index is 13.7. The minimum atomic E-state index is -0.325. The van der Waals surface area contributed by atoms with Crippen molar-refractivity contribution in [3.63, 3.8) is 0 Å². The first kappa shape index (κ1) is 21.1. The van der Waals surface area contributed by atoms with Gasteiger partial charge in [-0.2, -0.15) is 0 Å². The monoisotopic (exact) mass is 444 g/mol. The molecular weight excluding hydrogens is 420 g/mol. The summed E-state index contributed by atoms with van der Waals surface area (Å²) in [6, 6.07) is 9.43. The molecule has 0 N–H and O–H groups in total. The fraction of sp³-hybridized carbons (Fsp3) is 0.409. The molecule has 0 aliphatic carbocycles. The predicted octanol–water partition coefficient (Wildman–Crippen LogP) is 4.34. The second kappa shape index (κ2) is 8.53. The molecule has 1 aliphatic heterocycles. The number of hydrogen-bond acceptors (Lipinski definition) is 7. The van der Waals surface area contributed by atoms with Gasteiger partial charge in [-0.15, -0.1) is 11.3 Å². The van der Waals surface area contributed by atoms with Crippen molar-refractivity contribution in [3.8, 4) is 5.69 Å². The summed E-state index contributed by atoms with van der Waals surface area (Å²) < 4.78 is 12.7. The second-order valence-corrected chi connectivity index (χ2v) is 9.44. The quantitative estimate of drug-likeness (QED) is 0.320. The van der Waals surface area contributed by atoms with Gasteiger partial charge in [0.25, 0.3) is 5.56 Å². The van der Waals surface area contributed by atoms with E-state index in [-0.39, 0.29) is 22.9 Å². The fourth-order valence-corrected chi connectivity index (χ4v) is 5.51. The van der Waals surface area contributed by atoms with Gasteiger partial charge in [-0.05, 0) is 38.0 Å². The van der Waals surface area contributed by atoms with Crippen LogP contribution in [0.4, 0.5) is 0 Å². The zero-order chi connectivity index (χ0) is 21.3. The molecule has 0 bridgehead atoms. The van der Waals surface area contributed by atoms with Crippen molar-refractivity contribution in [2.24, 2.45) is 0 Å². The first-order valence-corrected chi connectivity index (χ1v) is 11.8. The van der Waals surface area contributed by atoms with Crippen LogP contribution in [0.5, 0.6) is 0 Å². The molecule has 0 amide bonds. The third-order valence-electron chi connectivity index (χ3n) is 5.37. The van der Waals surface area contributed by atoms with Crippen molar-refractivity contribution in [2.45, 2.75) is 51.0 Å². The predicted molar refractivity (Wildman–Crippen MR) is 120 cm³/mol. The molecule has 0 fully saturated rings. The van der Waals surface area contributed by atoms with Crippen LogP contribution in [0.1, 0.15) is 37.6 Å². The maximum atomic E-state index is 13.7. The molecule has 0 radical (unpaired) electrons. The molecule has 158 valence electrons. The summed E-state index contributed by atoms with van der Waals surface area (Å²) in [7, 11) is 0. The highest BCUT2D eigenvalue weighted by Gasteiger charge is 2.33. The number of nitrogens with zero attached hydrogens (tertiary/aromatic N) is 2. The van der Waals surface area contributed by atoms with E-state index < -0.39 is 0 Å². The SMILES string of the molecule is CCOC(=O)CSc1nc2sc3c(c2c(=O)n1-c1ccccc1)C[C@](C)(CC)OC3. The number of fused-ring (bicyclic) bond motifs is 3. The molecule has 6 nitrogen and oxygen atoms in total. The van der Waals surface area contributed by atoms with E-state index in [1.807, 2.05) is 30.3 Å². The summed E-state index contributed by atoms with van der Waals surface area (Å²) in [6.07, 6.45) is 1.57. The number of aromatic nitrogens is 2. The van der Waals surface area contributed by atoms with Gasteiger partial charge in [0.1, 0.15) is 4.83 Å². The molecule has 1 aliphatic rings. The number of ether oxygens (including phenoxy) is 2. The van der Waals surface area contributed by atoms with Crippen LogP contribution in [0.2, 0.25) is 0 Å². The summed E-state index contributed by atoms with van der Waals surface area (Å²) in [6.45, 7) is 6.79. The van der Waals surface area contributed by atoms with Crippen LogP contribution in [-0.2, 0) is 27.3 Å². The molecule has 0 saturated carbocycles. The average molecular weight is 445 g/mol. The standard InChI is InChI=1S/C22H24N2O4S2/c1-4-22(3)11-15-16(12-28-22)30-19-18(15)20(26)24(14-9-7-6-8-10-14)21(23-19)29-13-17(25)27-5-2/h6-10H,4-5,11-13H2,1-3H3/t22-/m0/s1. The van der Waals surface area contributed by atoms with Gasteiger partial charge in [-0.3, -0.25) is 14.2 Å². The molecule has 1 atom stereocenters. The summed E-state index contributed by atoms with van der Waals surface area (Å²) in [4.78, 5) is 32.2. The largest absolute Gasteiger partial charge is 0.465 e. The molecule has 3 heterocycles. The van der Waals surface area contributed by atoms with Crippen LogP contribution in [0.25, 0.3) is 15.9 Å². The number of thiophene rings is 1. The van der Waals surface area contributed by atoms with Crippen molar-refractivity contribution in [3.05, 3.63) is 51.1 Å². The smallest absolute Gasteiger partial charge is 0.316 e. The third kappa shape index (κ3) is 3.91. The minimum absolute atomic E-state index is 0.0979. The highest BCUT2D eigenvalue weighted by atomic mass is 32.2. The molecule has 0 spiro atoms. The zero-order valence-electron chi connectivity index (χ0n) is 17.3. The number of hydrogen-bond donors (Lipinski definition) is 0. The van der Waals surface area contributed by atoms with Crippen LogP contribution in [-0.4, -0.2) is 33.5 Å². The molecule has 30 heavy (non-hydrogen) atoms.